The van der Waals surface area contributed by atoms with Gasteiger partial charge in [0.15, 0.2) is 0 Å². The van der Waals surface area contributed by atoms with Crippen LogP contribution in [0.15, 0.2) is 30.3 Å². The van der Waals surface area contributed by atoms with Gasteiger partial charge < -0.3 is 4.74 Å². The lowest BCUT2D eigenvalue weighted by atomic mass is 10.1. The quantitative estimate of drug-likeness (QED) is 0.805. The van der Waals surface area contributed by atoms with Gasteiger partial charge in [-0.1, -0.05) is 18.2 Å². The standard InChI is InChI=1S/C16H19N5O2/c1-10-5-4-6-14(21-16(22)18-19-20-21)13(10)9-23-15-11(2)7-8-12(3)17-15/h4-8,19-20H,9H2,1-3H3,(H,18,22). The SMILES string of the molecule is Cc1ccc(C)c(OCc2c(C)cccc2N2NNNC2=O)n1. The number of carbonyl (C=O) groups is 1. The molecule has 3 rings (SSSR count). The molecule has 2 aromatic rings. The van der Waals surface area contributed by atoms with Gasteiger partial charge in [0, 0.05) is 16.8 Å². The van der Waals surface area contributed by atoms with Crippen molar-refractivity contribution in [3.63, 3.8) is 0 Å². The molecular formula is C16H19N5O2. The Morgan fingerprint density at radius 1 is 1.13 bits per heavy atom. The topological polar surface area (TPSA) is 78.5 Å². The Balaban J connectivity index is 1.87. The van der Waals surface area contributed by atoms with E-state index in [1.165, 1.54) is 5.01 Å². The summed E-state index contributed by atoms with van der Waals surface area (Å²) in [5.41, 5.74) is 12.4. The Hall–Kier alpha value is -2.64. The zero-order valence-electron chi connectivity index (χ0n) is 13.3. The maximum Gasteiger partial charge on any atom is 0.353 e. The van der Waals surface area contributed by atoms with Gasteiger partial charge in [-0.05, 0) is 38.5 Å². The molecule has 2 amide bonds. The second-order valence-corrected chi connectivity index (χ2v) is 5.44. The van der Waals surface area contributed by atoms with Crippen LogP contribution in [0.25, 0.3) is 0 Å². The van der Waals surface area contributed by atoms with E-state index in [1.807, 2.05) is 51.1 Å². The summed E-state index contributed by atoms with van der Waals surface area (Å²) in [5.74, 6) is 0.608. The number of nitrogens with one attached hydrogen (secondary N) is 3. The van der Waals surface area contributed by atoms with E-state index in [-0.39, 0.29) is 6.03 Å². The van der Waals surface area contributed by atoms with Gasteiger partial charge in [-0.3, -0.25) is 5.43 Å². The molecule has 0 aliphatic carbocycles. The minimum Gasteiger partial charge on any atom is -0.473 e. The number of carbonyl (C=O) groups excluding carboxylic acids is 1. The number of hydrogen-bond acceptors (Lipinski definition) is 5. The predicted molar refractivity (Wildman–Crippen MR) is 86.5 cm³/mol. The van der Waals surface area contributed by atoms with Crippen molar-refractivity contribution in [2.24, 2.45) is 0 Å². The highest BCUT2D eigenvalue weighted by Gasteiger charge is 2.24. The van der Waals surface area contributed by atoms with Gasteiger partial charge >= 0.3 is 6.03 Å². The number of amides is 2. The zero-order valence-corrected chi connectivity index (χ0v) is 13.3. The molecule has 1 aliphatic rings. The number of aromatic nitrogens is 1. The molecule has 0 spiro atoms. The molecule has 1 aromatic carbocycles. The molecule has 3 N–H and O–H groups in total. The Kier molecular flexibility index (Phi) is 4.14. The molecule has 1 aliphatic heterocycles. The average Bonchev–Trinajstić information content (AvgIpc) is 2.95. The number of anilines is 1. The second kappa shape index (κ2) is 6.23. The molecule has 0 bridgehead atoms. The molecule has 1 fully saturated rings. The number of urea groups is 1. The van der Waals surface area contributed by atoms with Crippen LogP contribution in [0.4, 0.5) is 10.5 Å². The van der Waals surface area contributed by atoms with E-state index < -0.39 is 0 Å². The summed E-state index contributed by atoms with van der Waals surface area (Å²) in [7, 11) is 0. The van der Waals surface area contributed by atoms with Gasteiger partial charge in [-0.15, -0.1) is 11.1 Å². The average molecular weight is 313 g/mol. The third-order valence-electron chi connectivity index (χ3n) is 3.71. The molecule has 7 heteroatoms. The lowest BCUT2D eigenvalue weighted by molar-refractivity contribution is 0.250. The number of ether oxygens (including phenoxy) is 1. The number of hydrazine groups is 3. The maximum absolute atomic E-state index is 11.8. The van der Waals surface area contributed by atoms with Gasteiger partial charge in [0.25, 0.3) is 0 Å². The fourth-order valence-corrected chi connectivity index (χ4v) is 2.39. The van der Waals surface area contributed by atoms with Crippen LogP contribution in [-0.4, -0.2) is 11.0 Å². The van der Waals surface area contributed by atoms with Crippen molar-refractivity contribution >= 4 is 11.7 Å². The number of benzene rings is 1. The van der Waals surface area contributed by atoms with Crippen LogP contribution in [0.1, 0.15) is 22.4 Å². The van der Waals surface area contributed by atoms with Crippen LogP contribution in [0.2, 0.25) is 0 Å². The van der Waals surface area contributed by atoms with E-state index >= 15 is 0 Å². The number of rotatable bonds is 4. The predicted octanol–water partition coefficient (Wildman–Crippen LogP) is 2.04. The Bertz CT molecular complexity index is 747. The molecule has 2 heterocycles. The summed E-state index contributed by atoms with van der Waals surface area (Å²) >= 11 is 0. The molecule has 0 radical (unpaired) electrons. The van der Waals surface area contributed by atoms with Crippen LogP contribution < -0.4 is 26.2 Å². The fraction of sp³-hybridized carbons (Fsp3) is 0.250. The highest BCUT2D eigenvalue weighted by atomic mass is 16.5. The highest BCUT2D eigenvalue weighted by molar-refractivity contribution is 5.93. The molecule has 23 heavy (non-hydrogen) atoms. The van der Waals surface area contributed by atoms with E-state index in [0.717, 1.165) is 28.1 Å². The summed E-state index contributed by atoms with van der Waals surface area (Å²) in [6, 6.07) is 9.41. The van der Waals surface area contributed by atoms with Crippen molar-refractivity contribution in [2.45, 2.75) is 27.4 Å². The van der Waals surface area contributed by atoms with Crippen molar-refractivity contribution in [3.05, 3.63) is 52.7 Å². The van der Waals surface area contributed by atoms with Crippen molar-refractivity contribution in [1.82, 2.24) is 21.5 Å². The minimum absolute atomic E-state index is 0.276. The third kappa shape index (κ3) is 3.10. The normalized spacial score (nSPS) is 14.0. The first kappa shape index (κ1) is 15.3. The fourth-order valence-electron chi connectivity index (χ4n) is 2.39. The van der Waals surface area contributed by atoms with Gasteiger partial charge in [0.2, 0.25) is 5.88 Å². The number of nitrogens with zero attached hydrogens (tertiary/aromatic N) is 2. The van der Waals surface area contributed by atoms with E-state index in [2.05, 4.69) is 21.5 Å². The third-order valence-corrected chi connectivity index (χ3v) is 3.71. The van der Waals surface area contributed by atoms with Crippen LogP contribution in [-0.2, 0) is 6.61 Å². The van der Waals surface area contributed by atoms with Crippen LogP contribution in [0, 0.1) is 20.8 Å². The summed E-state index contributed by atoms with van der Waals surface area (Å²) < 4.78 is 5.90. The smallest absolute Gasteiger partial charge is 0.353 e. The van der Waals surface area contributed by atoms with Crippen LogP contribution >= 0.6 is 0 Å². The van der Waals surface area contributed by atoms with E-state index in [4.69, 9.17) is 4.74 Å². The van der Waals surface area contributed by atoms with Crippen molar-refractivity contribution in [1.29, 1.82) is 0 Å². The molecule has 1 aromatic heterocycles. The van der Waals surface area contributed by atoms with Gasteiger partial charge in [-0.2, -0.15) is 0 Å². The van der Waals surface area contributed by atoms with E-state index in [9.17, 15) is 4.79 Å². The second-order valence-electron chi connectivity index (χ2n) is 5.44. The first-order valence-corrected chi connectivity index (χ1v) is 7.32. The molecule has 0 atom stereocenters. The molecule has 0 unspecified atom stereocenters. The minimum atomic E-state index is -0.276. The Morgan fingerprint density at radius 2 is 1.96 bits per heavy atom. The first-order valence-electron chi connectivity index (χ1n) is 7.32. The molecular weight excluding hydrogens is 294 g/mol. The molecule has 0 saturated carbocycles. The molecule has 7 nitrogen and oxygen atoms in total. The van der Waals surface area contributed by atoms with Gasteiger partial charge in [0.05, 0.1) is 5.69 Å². The van der Waals surface area contributed by atoms with Gasteiger partial charge in [-0.25, -0.2) is 14.8 Å². The van der Waals surface area contributed by atoms with Gasteiger partial charge in [0.1, 0.15) is 6.61 Å². The van der Waals surface area contributed by atoms with Crippen molar-refractivity contribution < 1.29 is 9.53 Å². The Morgan fingerprint density at radius 3 is 2.70 bits per heavy atom. The maximum atomic E-state index is 11.8. The molecule has 120 valence electrons. The highest BCUT2D eigenvalue weighted by Crippen LogP contribution is 2.25. The van der Waals surface area contributed by atoms with Crippen LogP contribution in [0.5, 0.6) is 5.88 Å². The van der Waals surface area contributed by atoms with Crippen LogP contribution in [0.3, 0.4) is 0 Å². The monoisotopic (exact) mass is 313 g/mol. The van der Waals surface area contributed by atoms with E-state index in [0.29, 0.717) is 12.5 Å². The largest absolute Gasteiger partial charge is 0.473 e. The summed E-state index contributed by atoms with van der Waals surface area (Å²) in [4.78, 5) is 16.3. The lowest BCUT2D eigenvalue weighted by Crippen LogP contribution is -2.38. The van der Waals surface area contributed by atoms with E-state index in [1.54, 1.807) is 0 Å². The lowest BCUT2D eigenvalue weighted by Gasteiger charge is -2.19. The van der Waals surface area contributed by atoms with Crippen molar-refractivity contribution in [3.8, 4) is 5.88 Å². The first-order chi connectivity index (χ1) is 11.1. The molecule has 1 saturated heterocycles. The van der Waals surface area contributed by atoms with Crippen molar-refractivity contribution in [2.75, 3.05) is 5.01 Å². The number of aryl methyl sites for hydroxylation is 3. The summed E-state index contributed by atoms with van der Waals surface area (Å²) in [5, 5.41) is 1.40. The zero-order chi connectivity index (χ0) is 16.4. The Labute approximate surface area is 134 Å². The number of pyridine rings is 1. The summed E-state index contributed by atoms with van der Waals surface area (Å²) in [6.45, 7) is 6.19. The summed E-state index contributed by atoms with van der Waals surface area (Å²) in [6.07, 6.45) is 0. The number of hydrogen-bond donors (Lipinski definition) is 3.